The third-order valence-electron chi connectivity index (χ3n) is 5.50. The Balaban J connectivity index is 2.39. The predicted molar refractivity (Wildman–Crippen MR) is 76.2 cm³/mol. The van der Waals surface area contributed by atoms with Gasteiger partial charge in [0.1, 0.15) is 5.60 Å². The normalized spacial score (nSPS) is 43.0. The van der Waals surface area contributed by atoms with Crippen LogP contribution in [0.4, 0.5) is 0 Å². The van der Waals surface area contributed by atoms with Gasteiger partial charge in [0.25, 0.3) is 0 Å². The van der Waals surface area contributed by atoms with E-state index in [2.05, 4.69) is 39.2 Å². The van der Waals surface area contributed by atoms with Crippen molar-refractivity contribution in [2.24, 2.45) is 17.8 Å². The van der Waals surface area contributed by atoms with Crippen molar-refractivity contribution in [1.82, 2.24) is 0 Å². The van der Waals surface area contributed by atoms with E-state index in [1.165, 1.54) is 18.4 Å². The van der Waals surface area contributed by atoms with Crippen LogP contribution in [0.25, 0.3) is 0 Å². The third kappa shape index (κ3) is 2.61. The van der Waals surface area contributed by atoms with Crippen molar-refractivity contribution in [3.05, 3.63) is 18.7 Å². The highest BCUT2D eigenvalue weighted by Gasteiger charge is 2.48. The fourth-order valence-corrected chi connectivity index (χ4v) is 4.04. The molecule has 1 fully saturated rings. The molecule has 2 rings (SSSR count). The van der Waals surface area contributed by atoms with E-state index in [4.69, 9.17) is 4.89 Å². The summed E-state index contributed by atoms with van der Waals surface area (Å²) in [6, 6.07) is 0. The van der Waals surface area contributed by atoms with Crippen LogP contribution in [0.5, 0.6) is 0 Å². The summed E-state index contributed by atoms with van der Waals surface area (Å²) in [5, 5.41) is 11.3. The minimum Gasteiger partial charge on any atom is -0.474 e. The second-order valence-corrected chi connectivity index (χ2v) is 7.24. The molecule has 3 heteroatoms. The Kier molecular flexibility index (Phi) is 4.10. The number of fused-ring (bicyclic) bond motifs is 1. The molecule has 19 heavy (non-hydrogen) atoms. The summed E-state index contributed by atoms with van der Waals surface area (Å²) in [7, 11) is 4.07. The van der Waals surface area contributed by atoms with Gasteiger partial charge >= 0.3 is 0 Å². The molecule has 0 amide bonds. The highest BCUT2D eigenvalue weighted by atomic mass is 17.1. The van der Waals surface area contributed by atoms with Crippen LogP contribution in [0.2, 0.25) is 0 Å². The lowest BCUT2D eigenvalue weighted by Gasteiger charge is -2.50. The summed E-state index contributed by atoms with van der Waals surface area (Å²) < 4.78 is 0. The second kappa shape index (κ2) is 5.19. The molecule has 0 bridgehead atoms. The molecule has 0 spiro atoms. The molecule has 0 radical (unpaired) electrons. The van der Waals surface area contributed by atoms with Crippen LogP contribution in [0.1, 0.15) is 53.4 Å². The van der Waals surface area contributed by atoms with Gasteiger partial charge in [-0.05, 0) is 51.0 Å². The number of nitrogens with two attached hydrogens (primary N) is 1. The molecule has 0 aromatic carbocycles. The van der Waals surface area contributed by atoms with Gasteiger partial charge in [0, 0.05) is 12.3 Å². The first-order valence-electron chi connectivity index (χ1n) is 7.54. The van der Waals surface area contributed by atoms with E-state index in [9.17, 15) is 5.26 Å². The highest BCUT2D eigenvalue weighted by molar-refractivity contribution is 5.26. The molecular weight excluding hydrogens is 238 g/mol. The second-order valence-electron chi connectivity index (χ2n) is 7.24. The van der Waals surface area contributed by atoms with Gasteiger partial charge in [0.05, 0.1) is 5.54 Å². The molecule has 2 aliphatic rings. The zero-order valence-electron chi connectivity index (χ0n) is 12.8. The van der Waals surface area contributed by atoms with Crippen LogP contribution in [0.15, 0.2) is 11.6 Å². The highest BCUT2D eigenvalue weighted by Crippen LogP contribution is 2.48. The van der Waals surface area contributed by atoms with E-state index in [0.29, 0.717) is 17.8 Å². The van der Waals surface area contributed by atoms with E-state index >= 15 is 0 Å². The van der Waals surface area contributed by atoms with E-state index in [1.54, 1.807) is 0 Å². The van der Waals surface area contributed by atoms with Crippen molar-refractivity contribution in [3.63, 3.8) is 0 Å². The first-order chi connectivity index (χ1) is 8.85. The number of quaternary nitrogens is 1. The maximum Gasteiger partial charge on any atom is 0.119 e. The summed E-state index contributed by atoms with van der Waals surface area (Å²) in [4.78, 5) is 4.76. The summed E-state index contributed by atoms with van der Waals surface area (Å²) >= 11 is 0. The van der Waals surface area contributed by atoms with Crippen LogP contribution < -0.4 is 5.32 Å². The van der Waals surface area contributed by atoms with Gasteiger partial charge in [-0.25, -0.2) is 4.89 Å². The average Bonchev–Trinajstić information content (AvgIpc) is 2.38. The summed E-state index contributed by atoms with van der Waals surface area (Å²) in [6.45, 7) is 8.90. The van der Waals surface area contributed by atoms with Crippen LogP contribution in [-0.2, 0) is 4.89 Å². The summed E-state index contributed by atoms with van der Waals surface area (Å²) in [5.41, 5.74) is 1.19. The topological polar surface area (TPSA) is 46.1 Å². The Hall–Kier alpha value is -0.380. The molecule has 3 N–H and O–H groups in total. The van der Waals surface area contributed by atoms with Crippen LogP contribution in [0, 0.1) is 24.8 Å². The number of hydrogen-bond donors (Lipinski definition) is 2. The van der Waals surface area contributed by atoms with Gasteiger partial charge in [0.2, 0.25) is 0 Å². The molecule has 4 atom stereocenters. The number of rotatable bonds is 3. The van der Waals surface area contributed by atoms with E-state index < -0.39 is 5.60 Å². The van der Waals surface area contributed by atoms with Crippen molar-refractivity contribution in [2.45, 2.75) is 64.5 Å². The average molecular weight is 267 g/mol. The minimum absolute atomic E-state index is 0.202. The Morgan fingerprint density at radius 2 is 2.05 bits per heavy atom. The van der Waals surface area contributed by atoms with Crippen molar-refractivity contribution in [2.75, 3.05) is 0 Å². The van der Waals surface area contributed by atoms with E-state index in [0.717, 1.165) is 12.8 Å². The standard InChI is InChI=1S/C16H29NO2/c1-11(2)12-6-9-16(4,17-5)14-7-8-15(3,19-18)10-13(12)14/h10-12,14,18H,5-9,17H2,1-4H3/t12-,14+,15-,16-/m1/s1. The molecule has 1 saturated carbocycles. The Bertz CT molecular complexity index is 366. The molecule has 110 valence electrons. The lowest BCUT2D eigenvalue weighted by molar-refractivity contribution is -0.683. The molecule has 0 heterocycles. The monoisotopic (exact) mass is 267 g/mol. The summed E-state index contributed by atoms with van der Waals surface area (Å²) in [5.74, 6) is 1.83. The van der Waals surface area contributed by atoms with Gasteiger partial charge < -0.3 is 5.32 Å². The van der Waals surface area contributed by atoms with E-state index in [1.807, 2.05) is 6.92 Å². The first-order valence-corrected chi connectivity index (χ1v) is 7.54. The first kappa shape index (κ1) is 15.0. The SMILES string of the molecule is [CH2-][NH2+][C@]1(C)CC[C@H](C(C)C)C2=C[C@](C)(OO)CC[C@@H]21. The smallest absolute Gasteiger partial charge is 0.119 e. The van der Waals surface area contributed by atoms with Crippen molar-refractivity contribution in [3.8, 4) is 0 Å². The molecule has 0 aromatic rings. The zero-order valence-corrected chi connectivity index (χ0v) is 12.8. The fourth-order valence-electron chi connectivity index (χ4n) is 4.04. The third-order valence-corrected chi connectivity index (χ3v) is 5.50. The molecule has 0 unspecified atom stereocenters. The lowest BCUT2D eigenvalue weighted by atomic mass is 9.59. The molecule has 0 saturated heterocycles. The quantitative estimate of drug-likeness (QED) is 0.357. The predicted octanol–water partition coefficient (Wildman–Crippen LogP) is 2.75. The van der Waals surface area contributed by atoms with Gasteiger partial charge in [-0.3, -0.25) is 5.26 Å². The fraction of sp³-hybridized carbons (Fsp3) is 0.812. The van der Waals surface area contributed by atoms with Gasteiger partial charge in [-0.2, -0.15) is 7.05 Å². The maximum atomic E-state index is 9.19. The van der Waals surface area contributed by atoms with Crippen molar-refractivity contribution < 1.29 is 15.5 Å². The molecule has 3 nitrogen and oxygen atoms in total. The van der Waals surface area contributed by atoms with Crippen LogP contribution in [-0.4, -0.2) is 16.4 Å². The van der Waals surface area contributed by atoms with Gasteiger partial charge in [-0.15, -0.1) is 0 Å². The molecule has 0 aliphatic heterocycles. The zero-order chi connectivity index (χ0) is 14.3. The Morgan fingerprint density at radius 3 is 2.58 bits per heavy atom. The number of hydrogen-bond acceptors (Lipinski definition) is 2. The lowest BCUT2D eigenvalue weighted by Crippen LogP contribution is -2.93. The Morgan fingerprint density at radius 1 is 1.37 bits per heavy atom. The minimum atomic E-state index is -0.502. The van der Waals surface area contributed by atoms with Crippen LogP contribution >= 0.6 is 0 Å². The maximum absolute atomic E-state index is 9.19. The summed E-state index contributed by atoms with van der Waals surface area (Å²) in [6.07, 6.45) is 6.59. The molecular formula is C16H29NO2. The Labute approximate surface area is 117 Å². The van der Waals surface area contributed by atoms with Crippen molar-refractivity contribution >= 4 is 0 Å². The van der Waals surface area contributed by atoms with Crippen molar-refractivity contribution in [1.29, 1.82) is 0 Å². The van der Waals surface area contributed by atoms with Crippen LogP contribution in [0.3, 0.4) is 0 Å². The largest absolute Gasteiger partial charge is 0.474 e. The van der Waals surface area contributed by atoms with Gasteiger partial charge in [0.15, 0.2) is 0 Å². The van der Waals surface area contributed by atoms with E-state index in [-0.39, 0.29) is 5.54 Å². The molecule has 2 aliphatic carbocycles. The molecule has 0 aromatic heterocycles. The van der Waals surface area contributed by atoms with Gasteiger partial charge in [-0.1, -0.05) is 19.4 Å².